The largest absolute Gasteiger partial charge is 0.444 e. The zero-order chi connectivity index (χ0) is 16.0. The molecule has 0 atom stereocenters. The molecule has 0 aromatic carbocycles. The van der Waals surface area contributed by atoms with Crippen molar-refractivity contribution in [3.05, 3.63) is 48.4 Å². The van der Waals surface area contributed by atoms with Gasteiger partial charge in [-0.2, -0.15) is 0 Å². The number of carbonyl (C=O) groups excluding carboxylic acids is 1. The van der Waals surface area contributed by atoms with Gasteiger partial charge in [-0.05, 0) is 44.5 Å². The first kappa shape index (κ1) is 15.8. The lowest BCUT2D eigenvalue weighted by Gasteiger charge is -2.19. The number of pyridine rings is 2. The first-order valence-corrected chi connectivity index (χ1v) is 7.01. The van der Waals surface area contributed by atoms with Crippen LogP contribution in [-0.2, 0) is 11.3 Å². The first-order chi connectivity index (χ1) is 10.4. The molecule has 2 rings (SSSR count). The number of carbonyl (C=O) groups is 1. The van der Waals surface area contributed by atoms with Crippen molar-refractivity contribution in [1.29, 1.82) is 0 Å². The van der Waals surface area contributed by atoms with E-state index in [1.165, 1.54) is 0 Å². The molecule has 1 amide bonds. The van der Waals surface area contributed by atoms with Crippen LogP contribution in [0.5, 0.6) is 0 Å². The molecule has 2 aromatic rings. The Kier molecular flexibility index (Phi) is 4.93. The van der Waals surface area contributed by atoms with Gasteiger partial charge in [-0.15, -0.1) is 0 Å². The molecule has 0 aliphatic heterocycles. The van der Waals surface area contributed by atoms with Gasteiger partial charge in [-0.3, -0.25) is 10.3 Å². The van der Waals surface area contributed by atoms with Gasteiger partial charge in [0.25, 0.3) is 0 Å². The number of hydrogen-bond acceptors (Lipinski definition) is 5. The molecule has 0 bridgehead atoms. The van der Waals surface area contributed by atoms with E-state index in [1.54, 1.807) is 24.7 Å². The Labute approximate surface area is 129 Å². The maximum Gasteiger partial charge on any atom is 0.413 e. The highest BCUT2D eigenvalue weighted by Crippen LogP contribution is 2.13. The lowest BCUT2D eigenvalue weighted by molar-refractivity contribution is 0.0635. The highest BCUT2D eigenvalue weighted by Gasteiger charge is 2.16. The number of rotatable bonds is 4. The molecule has 116 valence electrons. The van der Waals surface area contributed by atoms with Gasteiger partial charge in [-0.1, -0.05) is 6.07 Å². The summed E-state index contributed by atoms with van der Waals surface area (Å²) >= 11 is 0. The Morgan fingerprint density at radius 3 is 2.64 bits per heavy atom. The zero-order valence-corrected chi connectivity index (χ0v) is 13.0. The summed E-state index contributed by atoms with van der Waals surface area (Å²) in [5, 5.41) is 5.82. The van der Waals surface area contributed by atoms with Crippen molar-refractivity contribution in [2.45, 2.75) is 32.9 Å². The van der Waals surface area contributed by atoms with E-state index >= 15 is 0 Å². The van der Waals surface area contributed by atoms with Crippen molar-refractivity contribution in [1.82, 2.24) is 9.97 Å². The van der Waals surface area contributed by atoms with Crippen molar-refractivity contribution < 1.29 is 9.53 Å². The van der Waals surface area contributed by atoms with Crippen molar-refractivity contribution in [3.63, 3.8) is 0 Å². The van der Waals surface area contributed by atoms with Gasteiger partial charge in [0.1, 0.15) is 11.4 Å². The van der Waals surface area contributed by atoms with Crippen LogP contribution in [0.3, 0.4) is 0 Å². The summed E-state index contributed by atoms with van der Waals surface area (Å²) in [6.45, 7) is 6.09. The van der Waals surface area contributed by atoms with E-state index in [2.05, 4.69) is 20.6 Å². The smallest absolute Gasteiger partial charge is 0.413 e. The second-order valence-corrected chi connectivity index (χ2v) is 5.77. The number of amides is 1. The molecule has 0 aliphatic rings. The lowest BCUT2D eigenvalue weighted by atomic mass is 10.2. The summed E-state index contributed by atoms with van der Waals surface area (Å²) in [5.74, 6) is 0.446. The molecule has 2 heterocycles. The minimum absolute atomic E-state index is 0.446. The van der Waals surface area contributed by atoms with E-state index in [9.17, 15) is 4.79 Å². The fourth-order valence-corrected chi connectivity index (χ4v) is 1.69. The van der Waals surface area contributed by atoms with Gasteiger partial charge in [-0.25, -0.2) is 9.78 Å². The maximum atomic E-state index is 11.6. The van der Waals surface area contributed by atoms with Gasteiger partial charge in [0.2, 0.25) is 0 Å². The molecular weight excluding hydrogens is 280 g/mol. The standard InChI is InChI=1S/C16H20N4O2/c1-16(2,3)22-15(21)20-14-7-6-13(11-19-14)18-10-12-5-4-8-17-9-12/h4-9,11,18H,10H2,1-3H3,(H,19,20,21). The predicted molar refractivity (Wildman–Crippen MR) is 85.7 cm³/mol. The monoisotopic (exact) mass is 300 g/mol. The Morgan fingerprint density at radius 1 is 1.23 bits per heavy atom. The van der Waals surface area contributed by atoms with Crippen LogP contribution >= 0.6 is 0 Å². The molecule has 0 saturated carbocycles. The quantitative estimate of drug-likeness (QED) is 0.904. The molecule has 0 unspecified atom stereocenters. The third kappa shape index (κ3) is 5.40. The second kappa shape index (κ2) is 6.89. The van der Waals surface area contributed by atoms with E-state index in [-0.39, 0.29) is 0 Å². The fraction of sp³-hybridized carbons (Fsp3) is 0.312. The Bertz CT molecular complexity index is 606. The number of nitrogens with one attached hydrogen (secondary N) is 2. The van der Waals surface area contributed by atoms with Crippen LogP contribution < -0.4 is 10.6 Å². The number of nitrogens with zero attached hydrogens (tertiary/aromatic N) is 2. The van der Waals surface area contributed by atoms with Crippen molar-refractivity contribution in [2.75, 3.05) is 10.6 Å². The summed E-state index contributed by atoms with van der Waals surface area (Å²) in [5.41, 5.74) is 1.41. The normalized spacial score (nSPS) is 10.9. The summed E-state index contributed by atoms with van der Waals surface area (Å²) in [6, 6.07) is 7.44. The lowest BCUT2D eigenvalue weighted by Crippen LogP contribution is -2.27. The van der Waals surface area contributed by atoms with E-state index < -0.39 is 11.7 Å². The molecule has 0 aliphatic carbocycles. The molecule has 22 heavy (non-hydrogen) atoms. The summed E-state index contributed by atoms with van der Waals surface area (Å²) in [7, 11) is 0. The summed E-state index contributed by atoms with van der Waals surface area (Å²) in [6.07, 6.45) is 4.68. The average molecular weight is 300 g/mol. The number of ether oxygens (including phenoxy) is 1. The van der Waals surface area contributed by atoms with Crippen LogP contribution in [0.15, 0.2) is 42.9 Å². The van der Waals surface area contributed by atoms with Crippen LogP contribution in [0, 0.1) is 0 Å². The van der Waals surface area contributed by atoms with Gasteiger partial charge >= 0.3 is 6.09 Å². The molecule has 2 N–H and O–H groups in total. The third-order valence-electron chi connectivity index (χ3n) is 2.61. The third-order valence-corrected chi connectivity index (χ3v) is 2.61. The van der Waals surface area contributed by atoms with E-state index in [1.807, 2.05) is 39.0 Å². The van der Waals surface area contributed by atoms with Crippen molar-refractivity contribution in [2.24, 2.45) is 0 Å². The molecule has 6 heteroatoms. The van der Waals surface area contributed by atoms with Crippen molar-refractivity contribution in [3.8, 4) is 0 Å². The SMILES string of the molecule is CC(C)(C)OC(=O)Nc1ccc(NCc2cccnc2)cn1. The second-order valence-electron chi connectivity index (χ2n) is 5.77. The molecule has 2 aromatic heterocycles. The van der Waals surface area contributed by atoms with Crippen LogP contribution in [0.25, 0.3) is 0 Å². The average Bonchev–Trinajstić information content (AvgIpc) is 2.45. The van der Waals surface area contributed by atoms with Gasteiger partial charge in [0, 0.05) is 18.9 Å². The van der Waals surface area contributed by atoms with E-state index in [0.29, 0.717) is 12.4 Å². The Morgan fingerprint density at radius 2 is 2.05 bits per heavy atom. The fourth-order valence-electron chi connectivity index (χ4n) is 1.69. The maximum absolute atomic E-state index is 11.6. The first-order valence-electron chi connectivity index (χ1n) is 7.01. The predicted octanol–water partition coefficient (Wildman–Crippen LogP) is 3.44. The summed E-state index contributed by atoms with van der Waals surface area (Å²) in [4.78, 5) is 19.9. The highest BCUT2D eigenvalue weighted by molar-refractivity contribution is 5.83. The minimum Gasteiger partial charge on any atom is -0.444 e. The van der Waals surface area contributed by atoms with E-state index in [4.69, 9.17) is 4.74 Å². The van der Waals surface area contributed by atoms with Crippen LogP contribution in [0.4, 0.5) is 16.3 Å². The Hall–Kier alpha value is -2.63. The van der Waals surface area contributed by atoms with E-state index in [0.717, 1.165) is 11.3 Å². The molecule has 0 spiro atoms. The summed E-state index contributed by atoms with van der Waals surface area (Å²) < 4.78 is 5.16. The van der Waals surface area contributed by atoms with Crippen LogP contribution in [-0.4, -0.2) is 21.7 Å². The number of aromatic nitrogens is 2. The van der Waals surface area contributed by atoms with Gasteiger partial charge in [0.15, 0.2) is 0 Å². The van der Waals surface area contributed by atoms with Crippen LogP contribution in [0.2, 0.25) is 0 Å². The molecule has 6 nitrogen and oxygen atoms in total. The highest BCUT2D eigenvalue weighted by atomic mass is 16.6. The van der Waals surface area contributed by atoms with Gasteiger partial charge in [0.05, 0.1) is 11.9 Å². The Balaban J connectivity index is 1.86. The van der Waals surface area contributed by atoms with Crippen LogP contribution in [0.1, 0.15) is 26.3 Å². The number of hydrogen-bond donors (Lipinski definition) is 2. The van der Waals surface area contributed by atoms with Crippen molar-refractivity contribution >= 4 is 17.6 Å². The molecule has 0 fully saturated rings. The minimum atomic E-state index is -0.532. The van der Waals surface area contributed by atoms with Gasteiger partial charge < -0.3 is 10.1 Å². The molecular formula is C16H20N4O2. The zero-order valence-electron chi connectivity index (χ0n) is 13.0. The molecule has 0 saturated heterocycles. The molecule has 0 radical (unpaired) electrons. The number of anilines is 2. The topological polar surface area (TPSA) is 76.1 Å².